The fourth-order valence-corrected chi connectivity index (χ4v) is 4.81. The zero-order valence-electron chi connectivity index (χ0n) is 9.45. The van der Waals surface area contributed by atoms with Gasteiger partial charge in [0.25, 0.3) is 0 Å². The predicted molar refractivity (Wildman–Crippen MR) is 60.8 cm³/mol. The molecule has 0 N–H and O–H groups in total. The fourth-order valence-electron chi connectivity index (χ4n) is 2.69. The minimum Gasteiger partial charge on any atom is -0.342 e. The summed E-state index contributed by atoms with van der Waals surface area (Å²) in [6.45, 7) is 6.10. The van der Waals surface area contributed by atoms with E-state index in [0.717, 1.165) is 17.8 Å². The smallest absolute Gasteiger partial charge is 0.152 e. The fraction of sp³-hybridized carbons (Fsp3) is 0.636. The average molecular weight is 227 g/mol. The van der Waals surface area contributed by atoms with Crippen molar-refractivity contribution in [3.05, 3.63) is 23.5 Å². The molecule has 1 aliphatic heterocycles. The first-order valence-electron chi connectivity index (χ1n) is 5.20. The molecule has 2 heterocycles. The minimum atomic E-state index is -2.83. The summed E-state index contributed by atoms with van der Waals surface area (Å²) in [7, 11) is -2.83. The summed E-state index contributed by atoms with van der Waals surface area (Å²) in [4.78, 5) is 0. The van der Waals surface area contributed by atoms with E-state index in [1.54, 1.807) is 0 Å². The molecule has 2 rings (SSSR count). The highest BCUT2D eigenvalue weighted by atomic mass is 32.2. The van der Waals surface area contributed by atoms with Crippen molar-refractivity contribution in [2.75, 3.05) is 11.5 Å². The van der Waals surface area contributed by atoms with Gasteiger partial charge in [-0.1, -0.05) is 0 Å². The van der Waals surface area contributed by atoms with Gasteiger partial charge in [-0.2, -0.15) is 0 Å². The summed E-state index contributed by atoms with van der Waals surface area (Å²) < 4.78 is 25.3. The number of hydrogen-bond donors (Lipinski definition) is 0. The molecule has 84 valence electrons. The molecule has 1 fully saturated rings. The Bertz CT molecular complexity index is 467. The molecular formula is C11H17NO2S. The first-order valence-corrected chi connectivity index (χ1v) is 7.02. The average Bonchev–Trinajstić information content (AvgIpc) is 2.55. The maximum absolute atomic E-state index is 11.6. The second-order valence-electron chi connectivity index (χ2n) is 4.79. The molecule has 0 radical (unpaired) electrons. The number of aromatic nitrogens is 1. The van der Waals surface area contributed by atoms with E-state index >= 15 is 0 Å². The summed E-state index contributed by atoms with van der Waals surface area (Å²) >= 11 is 0. The van der Waals surface area contributed by atoms with Crippen LogP contribution in [0.2, 0.25) is 0 Å². The highest BCUT2D eigenvalue weighted by molar-refractivity contribution is 7.91. The van der Waals surface area contributed by atoms with Gasteiger partial charge in [-0.25, -0.2) is 8.42 Å². The quantitative estimate of drug-likeness (QED) is 0.731. The molecule has 4 heteroatoms. The minimum absolute atomic E-state index is 0.240. The second kappa shape index (κ2) is 3.11. The Morgan fingerprint density at radius 2 is 1.80 bits per heavy atom. The zero-order valence-corrected chi connectivity index (χ0v) is 10.3. The summed E-state index contributed by atoms with van der Waals surface area (Å²) in [5.41, 5.74) is 2.05. The van der Waals surface area contributed by atoms with Gasteiger partial charge in [0.05, 0.1) is 17.0 Å². The standard InChI is InChI=1S/C11H17NO2S/c1-9-4-5-10(2)12(9)11(3)6-7-15(13,14)8-11/h4-5H,6-8H2,1-3H3. The van der Waals surface area contributed by atoms with Gasteiger partial charge in [-0.3, -0.25) is 0 Å². The molecular weight excluding hydrogens is 210 g/mol. The number of sulfone groups is 1. The Labute approximate surface area is 91.0 Å². The molecule has 0 saturated carbocycles. The molecule has 1 aliphatic rings. The number of hydrogen-bond acceptors (Lipinski definition) is 2. The van der Waals surface area contributed by atoms with Crippen LogP contribution < -0.4 is 0 Å². The number of nitrogens with zero attached hydrogens (tertiary/aromatic N) is 1. The topological polar surface area (TPSA) is 39.1 Å². The normalized spacial score (nSPS) is 29.5. The Kier molecular flexibility index (Phi) is 2.23. The van der Waals surface area contributed by atoms with Gasteiger partial charge in [0.2, 0.25) is 0 Å². The number of aryl methyl sites for hydroxylation is 2. The van der Waals surface area contributed by atoms with E-state index in [-0.39, 0.29) is 11.3 Å². The van der Waals surface area contributed by atoms with E-state index in [0.29, 0.717) is 5.75 Å². The van der Waals surface area contributed by atoms with Gasteiger partial charge in [-0.15, -0.1) is 0 Å². The van der Waals surface area contributed by atoms with Crippen LogP contribution in [0.15, 0.2) is 12.1 Å². The Morgan fingerprint density at radius 3 is 2.20 bits per heavy atom. The first-order chi connectivity index (χ1) is 6.84. The monoisotopic (exact) mass is 227 g/mol. The third-order valence-electron chi connectivity index (χ3n) is 3.29. The van der Waals surface area contributed by atoms with Crippen LogP contribution >= 0.6 is 0 Å². The lowest BCUT2D eigenvalue weighted by atomic mass is 10.0. The Hall–Kier alpha value is -0.770. The summed E-state index contributed by atoms with van der Waals surface area (Å²) in [5, 5.41) is 0. The maximum atomic E-state index is 11.6. The van der Waals surface area contributed by atoms with Crippen molar-refractivity contribution >= 4 is 9.84 Å². The van der Waals surface area contributed by atoms with E-state index in [2.05, 4.69) is 4.57 Å². The van der Waals surface area contributed by atoms with E-state index in [1.807, 2.05) is 32.9 Å². The van der Waals surface area contributed by atoms with Crippen molar-refractivity contribution in [1.29, 1.82) is 0 Å². The molecule has 1 atom stereocenters. The van der Waals surface area contributed by atoms with Crippen molar-refractivity contribution in [3.63, 3.8) is 0 Å². The summed E-state index contributed by atoms with van der Waals surface area (Å²) in [6, 6.07) is 4.09. The lowest BCUT2D eigenvalue weighted by molar-refractivity contribution is 0.353. The summed E-state index contributed by atoms with van der Waals surface area (Å²) in [6.07, 6.45) is 0.728. The van der Waals surface area contributed by atoms with Crippen LogP contribution in [0.3, 0.4) is 0 Å². The predicted octanol–water partition coefficient (Wildman–Crippen LogP) is 1.64. The third-order valence-corrected chi connectivity index (χ3v) is 5.18. The Morgan fingerprint density at radius 1 is 1.27 bits per heavy atom. The van der Waals surface area contributed by atoms with Gasteiger partial charge >= 0.3 is 0 Å². The lowest BCUT2D eigenvalue weighted by Crippen LogP contribution is -2.32. The van der Waals surface area contributed by atoms with E-state index in [9.17, 15) is 8.42 Å². The van der Waals surface area contributed by atoms with Crippen molar-refractivity contribution in [3.8, 4) is 0 Å². The highest BCUT2D eigenvalue weighted by Crippen LogP contribution is 2.33. The third kappa shape index (κ3) is 1.71. The van der Waals surface area contributed by atoms with Crippen molar-refractivity contribution < 1.29 is 8.42 Å². The zero-order chi connectivity index (χ0) is 11.3. The molecule has 1 aromatic rings. The molecule has 0 aromatic carbocycles. The largest absolute Gasteiger partial charge is 0.342 e. The first kappa shape index (κ1) is 10.7. The van der Waals surface area contributed by atoms with Crippen LogP contribution in [0, 0.1) is 13.8 Å². The van der Waals surface area contributed by atoms with Crippen LogP contribution in [0.25, 0.3) is 0 Å². The van der Waals surface area contributed by atoms with Crippen LogP contribution in [0.1, 0.15) is 24.7 Å². The van der Waals surface area contributed by atoms with Gasteiger partial charge < -0.3 is 4.57 Å². The van der Waals surface area contributed by atoms with E-state index in [4.69, 9.17) is 0 Å². The van der Waals surface area contributed by atoms with Crippen molar-refractivity contribution in [1.82, 2.24) is 4.57 Å². The van der Waals surface area contributed by atoms with Crippen LogP contribution in [-0.4, -0.2) is 24.5 Å². The molecule has 1 aromatic heterocycles. The van der Waals surface area contributed by atoms with Gasteiger partial charge in [-0.05, 0) is 39.3 Å². The van der Waals surface area contributed by atoms with Gasteiger partial charge in [0.1, 0.15) is 0 Å². The van der Waals surface area contributed by atoms with Crippen LogP contribution in [0.5, 0.6) is 0 Å². The van der Waals surface area contributed by atoms with Crippen molar-refractivity contribution in [2.45, 2.75) is 32.7 Å². The van der Waals surface area contributed by atoms with Crippen molar-refractivity contribution in [2.24, 2.45) is 0 Å². The van der Waals surface area contributed by atoms with Gasteiger partial charge in [0.15, 0.2) is 9.84 Å². The van der Waals surface area contributed by atoms with Crippen LogP contribution in [-0.2, 0) is 15.4 Å². The van der Waals surface area contributed by atoms with Gasteiger partial charge in [0, 0.05) is 11.4 Å². The highest BCUT2D eigenvalue weighted by Gasteiger charge is 2.40. The summed E-state index contributed by atoms with van der Waals surface area (Å²) in [5.74, 6) is 0.594. The molecule has 1 unspecified atom stereocenters. The molecule has 3 nitrogen and oxygen atoms in total. The molecule has 0 bridgehead atoms. The van der Waals surface area contributed by atoms with Crippen LogP contribution in [0.4, 0.5) is 0 Å². The Balaban J connectivity index is 2.48. The maximum Gasteiger partial charge on any atom is 0.152 e. The molecule has 0 amide bonds. The molecule has 0 spiro atoms. The molecule has 1 saturated heterocycles. The van der Waals surface area contributed by atoms with E-state index in [1.165, 1.54) is 0 Å². The second-order valence-corrected chi connectivity index (χ2v) is 6.97. The number of rotatable bonds is 1. The van der Waals surface area contributed by atoms with E-state index < -0.39 is 9.84 Å². The lowest BCUT2D eigenvalue weighted by Gasteiger charge is -2.28. The SMILES string of the molecule is Cc1ccc(C)n1C1(C)CCS(=O)(=O)C1. The molecule has 0 aliphatic carbocycles. The molecule has 15 heavy (non-hydrogen) atoms.